The second-order valence-electron chi connectivity index (χ2n) is 4.83. The van der Waals surface area contributed by atoms with E-state index < -0.39 is 5.60 Å². The molecule has 0 saturated heterocycles. The van der Waals surface area contributed by atoms with E-state index in [2.05, 4.69) is 24.1 Å². The monoisotopic (exact) mass is 242 g/mol. The average molecular weight is 242 g/mol. The van der Waals surface area contributed by atoms with Gasteiger partial charge >= 0.3 is 0 Å². The lowest BCUT2D eigenvalue weighted by atomic mass is 10.1. The standard InChI is InChI=1S/C12H22N2OS/c1-6-10-14-9(3)11(16-10)8(2)13-7-12(4,5)15/h8,13,15H,6-7H2,1-5H3. The molecule has 0 amide bonds. The highest BCUT2D eigenvalue weighted by Crippen LogP contribution is 2.25. The molecular formula is C12H22N2OS. The first kappa shape index (κ1) is 13.6. The van der Waals surface area contributed by atoms with E-state index >= 15 is 0 Å². The van der Waals surface area contributed by atoms with Gasteiger partial charge in [-0.1, -0.05) is 6.92 Å². The Morgan fingerprint density at radius 2 is 2.12 bits per heavy atom. The molecule has 1 heterocycles. The van der Waals surface area contributed by atoms with Crippen LogP contribution in [0.4, 0.5) is 0 Å². The molecule has 0 spiro atoms. The zero-order valence-electron chi connectivity index (χ0n) is 10.8. The van der Waals surface area contributed by atoms with Gasteiger partial charge in [0.1, 0.15) is 0 Å². The van der Waals surface area contributed by atoms with Crippen LogP contribution in [0.5, 0.6) is 0 Å². The Bertz CT molecular complexity index is 341. The summed E-state index contributed by atoms with van der Waals surface area (Å²) in [5.41, 5.74) is 0.443. The fourth-order valence-electron chi connectivity index (χ4n) is 1.51. The van der Waals surface area contributed by atoms with Gasteiger partial charge in [-0.2, -0.15) is 0 Å². The first-order valence-electron chi connectivity index (χ1n) is 5.75. The molecule has 0 saturated carbocycles. The summed E-state index contributed by atoms with van der Waals surface area (Å²) < 4.78 is 0. The molecule has 92 valence electrons. The fraction of sp³-hybridized carbons (Fsp3) is 0.750. The maximum Gasteiger partial charge on any atom is 0.0928 e. The normalized spacial score (nSPS) is 14.1. The third-order valence-corrected chi connectivity index (χ3v) is 3.90. The number of hydrogen-bond donors (Lipinski definition) is 2. The summed E-state index contributed by atoms with van der Waals surface area (Å²) in [6.07, 6.45) is 0.990. The second kappa shape index (κ2) is 5.25. The van der Waals surface area contributed by atoms with Crippen LogP contribution in [0.15, 0.2) is 0 Å². The maximum absolute atomic E-state index is 9.66. The van der Waals surface area contributed by atoms with Gasteiger partial charge in [0.2, 0.25) is 0 Å². The molecule has 2 N–H and O–H groups in total. The molecule has 0 aliphatic heterocycles. The predicted molar refractivity (Wildman–Crippen MR) is 68.9 cm³/mol. The molecule has 16 heavy (non-hydrogen) atoms. The van der Waals surface area contributed by atoms with Gasteiger partial charge in [-0.3, -0.25) is 0 Å². The van der Waals surface area contributed by atoms with Crippen LogP contribution < -0.4 is 5.32 Å². The molecule has 1 unspecified atom stereocenters. The van der Waals surface area contributed by atoms with Gasteiger partial charge in [0, 0.05) is 17.5 Å². The summed E-state index contributed by atoms with van der Waals surface area (Å²) in [4.78, 5) is 5.79. The van der Waals surface area contributed by atoms with Crippen LogP contribution in [-0.2, 0) is 6.42 Å². The number of aryl methyl sites for hydroxylation is 2. The minimum atomic E-state index is -0.666. The van der Waals surface area contributed by atoms with Crippen molar-refractivity contribution in [3.63, 3.8) is 0 Å². The highest BCUT2D eigenvalue weighted by molar-refractivity contribution is 7.11. The minimum Gasteiger partial charge on any atom is -0.389 e. The molecule has 1 aromatic heterocycles. The molecule has 0 aliphatic carbocycles. The summed E-state index contributed by atoms with van der Waals surface area (Å²) in [6, 6.07) is 0.254. The van der Waals surface area contributed by atoms with Crippen LogP contribution in [0.3, 0.4) is 0 Å². The van der Waals surface area contributed by atoms with Gasteiger partial charge in [-0.15, -0.1) is 11.3 Å². The highest BCUT2D eigenvalue weighted by Gasteiger charge is 2.17. The number of nitrogens with zero attached hydrogens (tertiary/aromatic N) is 1. The van der Waals surface area contributed by atoms with E-state index in [0.717, 1.165) is 12.1 Å². The van der Waals surface area contributed by atoms with E-state index in [4.69, 9.17) is 0 Å². The Morgan fingerprint density at radius 1 is 1.50 bits per heavy atom. The Morgan fingerprint density at radius 3 is 2.56 bits per heavy atom. The van der Waals surface area contributed by atoms with Crippen molar-refractivity contribution in [1.29, 1.82) is 0 Å². The van der Waals surface area contributed by atoms with Crippen molar-refractivity contribution >= 4 is 11.3 Å². The third-order valence-electron chi connectivity index (χ3n) is 2.41. The first-order valence-corrected chi connectivity index (χ1v) is 6.57. The minimum absolute atomic E-state index is 0.254. The van der Waals surface area contributed by atoms with Crippen molar-refractivity contribution in [2.45, 2.75) is 52.7 Å². The van der Waals surface area contributed by atoms with Gasteiger partial charge in [0.15, 0.2) is 0 Å². The summed E-state index contributed by atoms with van der Waals surface area (Å²) in [6.45, 7) is 10.5. The molecule has 3 nitrogen and oxygen atoms in total. The molecule has 0 radical (unpaired) electrons. The molecule has 1 atom stereocenters. The van der Waals surface area contributed by atoms with E-state index in [1.807, 2.05) is 20.8 Å². The van der Waals surface area contributed by atoms with E-state index in [1.54, 1.807) is 11.3 Å². The molecule has 0 fully saturated rings. The third kappa shape index (κ3) is 3.85. The molecule has 4 heteroatoms. The molecule has 0 aromatic carbocycles. The number of rotatable bonds is 5. The summed E-state index contributed by atoms with van der Waals surface area (Å²) in [7, 11) is 0. The maximum atomic E-state index is 9.66. The van der Waals surface area contributed by atoms with E-state index in [1.165, 1.54) is 9.88 Å². The van der Waals surface area contributed by atoms with E-state index in [9.17, 15) is 5.11 Å². The van der Waals surface area contributed by atoms with Gasteiger partial charge in [0.25, 0.3) is 0 Å². The van der Waals surface area contributed by atoms with Gasteiger partial charge in [-0.05, 0) is 34.1 Å². The van der Waals surface area contributed by atoms with Crippen LogP contribution >= 0.6 is 11.3 Å². The Hall–Kier alpha value is -0.450. The van der Waals surface area contributed by atoms with Crippen LogP contribution in [-0.4, -0.2) is 22.2 Å². The van der Waals surface area contributed by atoms with Crippen molar-refractivity contribution in [3.05, 3.63) is 15.6 Å². The predicted octanol–water partition coefficient (Wildman–Crippen LogP) is 2.44. The highest BCUT2D eigenvalue weighted by atomic mass is 32.1. The lowest BCUT2D eigenvalue weighted by molar-refractivity contribution is 0.0771. The molecular weight excluding hydrogens is 220 g/mol. The van der Waals surface area contributed by atoms with Crippen LogP contribution in [0.2, 0.25) is 0 Å². The zero-order valence-corrected chi connectivity index (χ0v) is 11.6. The lowest BCUT2D eigenvalue weighted by Gasteiger charge is -2.21. The molecule has 1 rings (SSSR count). The zero-order chi connectivity index (χ0) is 12.3. The van der Waals surface area contributed by atoms with Gasteiger partial charge in [-0.25, -0.2) is 4.98 Å². The number of aliphatic hydroxyl groups is 1. The summed E-state index contributed by atoms with van der Waals surface area (Å²) in [5.74, 6) is 0. The molecule has 1 aromatic rings. The number of hydrogen-bond acceptors (Lipinski definition) is 4. The Balaban J connectivity index is 2.65. The van der Waals surface area contributed by atoms with Crippen molar-refractivity contribution < 1.29 is 5.11 Å². The second-order valence-corrected chi connectivity index (χ2v) is 5.94. The van der Waals surface area contributed by atoms with Crippen LogP contribution in [0.25, 0.3) is 0 Å². The average Bonchev–Trinajstić information content (AvgIpc) is 2.55. The summed E-state index contributed by atoms with van der Waals surface area (Å²) >= 11 is 1.76. The first-order chi connectivity index (χ1) is 7.33. The van der Waals surface area contributed by atoms with E-state index in [0.29, 0.717) is 6.54 Å². The van der Waals surface area contributed by atoms with Crippen molar-refractivity contribution in [3.8, 4) is 0 Å². The lowest BCUT2D eigenvalue weighted by Crippen LogP contribution is -2.36. The smallest absolute Gasteiger partial charge is 0.0928 e. The molecule has 0 aliphatic rings. The van der Waals surface area contributed by atoms with Gasteiger partial charge < -0.3 is 10.4 Å². The Labute approximate surface area is 102 Å². The largest absolute Gasteiger partial charge is 0.389 e. The number of aromatic nitrogens is 1. The topological polar surface area (TPSA) is 45.2 Å². The van der Waals surface area contributed by atoms with Crippen LogP contribution in [0.1, 0.15) is 49.3 Å². The number of nitrogens with one attached hydrogen (secondary N) is 1. The van der Waals surface area contributed by atoms with Crippen molar-refractivity contribution in [1.82, 2.24) is 10.3 Å². The van der Waals surface area contributed by atoms with E-state index in [-0.39, 0.29) is 6.04 Å². The SMILES string of the molecule is CCc1nc(C)c(C(C)NCC(C)(C)O)s1. The van der Waals surface area contributed by atoms with Gasteiger partial charge in [0.05, 0.1) is 16.3 Å². The van der Waals surface area contributed by atoms with Crippen molar-refractivity contribution in [2.75, 3.05) is 6.54 Å². The fourth-order valence-corrected chi connectivity index (χ4v) is 2.55. The summed E-state index contributed by atoms with van der Waals surface area (Å²) in [5, 5.41) is 14.2. The quantitative estimate of drug-likeness (QED) is 0.833. The number of thiazole rings is 1. The van der Waals surface area contributed by atoms with Crippen molar-refractivity contribution in [2.24, 2.45) is 0 Å². The Kier molecular flexibility index (Phi) is 4.47. The van der Waals surface area contributed by atoms with Crippen LogP contribution in [0, 0.1) is 6.92 Å². The molecule has 0 bridgehead atoms.